The molecule has 1 aliphatic rings. The molecule has 18 heteroatoms. The molecule has 1 fully saturated rings. The van der Waals surface area contributed by atoms with E-state index in [1.54, 1.807) is 6.07 Å². The van der Waals surface area contributed by atoms with Gasteiger partial charge in [-0.1, -0.05) is 54.6 Å². The Kier molecular flexibility index (Phi) is 15.7. The first-order chi connectivity index (χ1) is 27.2. The van der Waals surface area contributed by atoms with E-state index in [4.69, 9.17) is 22.9 Å². The number of amides is 4. The topological polar surface area (TPSA) is 320 Å². The number of aromatic hydroxyl groups is 1. The molecule has 57 heavy (non-hydrogen) atoms. The molecule has 1 saturated heterocycles. The van der Waals surface area contributed by atoms with Gasteiger partial charge in [0.15, 0.2) is 17.7 Å². The second-order valence-electron chi connectivity index (χ2n) is 13.9. The molecule has 4 rings (SSSR count). The van der Waals surface area contributed by atoms with E-state index in [-0.39, 0.29) is 75.7 Å². The van der Waals surface area contributed by atoms with Crippen molar-refractivity contribution in [3.05, 3.63) is 77.9 Å². The fourth-order valence-electron chi connectivity index (χ4n) is 6.45. The maximum absolute atomic E-state index is 14.1. The van der Waals surface area contributed by atoms with Gasteiger partial charge in [0.1, 0.15) is 23.9 Å². The number of nitrogens with two attached hydrogens (primary N) is 4. The Morgan fingerprint density at radius 1 is 0.632 bits per heavy atom. The van der Waals surface area contributed by atoms with Crippen molar-refractivity contribution in [1.82, 2.24) is 21.3 Å². The summed E-state index contributed by atoms with van der Waals surface area (Å²) >= 11 is 0. The number of nitrogens with one attached hydrogen (secondary N) is 4. The summed E-state index contributed by atoms with van der Waals surface area (Å²) in [6.07, 6.45) is -0.733. The van der Waals surface area contributed by atoms with Gasteiger partial charge in [-0.2, -0.15) is 0 Å². The third-order valence-corrected chi connectivity index (χ3v) is 9.38. The largest absolute Gasteiger partial charge is 0.508 e. The molecule has 1 heterocycles. The number of aliphatic imine (C=N–C) groups is 2. The zero-order valence-electron chi connectivity index (χ0n) is 31.4. The average Bonchev–Trinajstić information content (AvgIpc) is 3.16. The Labute approximate surface area is 328 Å². The van der Waals surface area contributed by atoms with E-state index in [0.29, 0.717) is 11.1 Å². The molecule has 0 aliphatic carbocycles. The number of aliphatic carboxylic acids is 1. The van der Waals surface area contributed by atoms with Gasteiger partial charge in [-0.3, -0.25) is 38.8 Å². The molecule has 3 aromatic carbocycles. The van der Waals surface area contributed by atoms with Crippen molar-refractivity contribution in [2.75, 3.05) is 13.1 Å². The number of carbonyl (C=O) groups is 6. The fraction of sp³-hybridized carbons (Fsp3) is 0.385. The van der Waals surface area contributed by atoms with Crippen LogP contribution in [0.1, 0.15) is 49.7 Å². The summed E-state index contributed by atoms with van der Waals surface area (Å²) in [5.74, 6) is -6.66. The van der Waals surface area contributed by atoms with Crippen molar-refractivity contribution in [3.8, 4) is 5.75 Å². The number of rotatable bonds is 14. The molecule has 0 aromatic heterocycles. The van der Waals surface area contributed by atoms with Crippen LogP contribution in [0.5, 0.6) is 5.75 Å². The summed E-state index contributed by atoms with van der Waals surface area (Å²) in [6, 6.07) is 13.3. The molecular weight excluding hydrogens is 736 g/mol. The van der Waals surface area contributed by atoms with Crippen LogP contribution in [0, 0.1) is 5.92 Å². The van der Waals surface area contributed by atoms with Crippen LogP contribution in [0.2, 0.25) is 0 Å². The van der Waals surface area contributed by atoms with Crippen molar-refractivity contribution in [1.29, 1.82) is 0 Å². The Morgan fingerprint density at radius 2 is 1.14 bits per heavy atom. The molecule has 0 bridgehead atoms. The van der Waals surface area contributed by atoms with E-state index in [0.717, 1.165) is 10.8 Å². The summed E-state index contributed by atoms with van der Waals surface area (Å²) in [7, 11) is 0. The first kappa shape index (κ1) is 43.0. The van der Waals surface area contributed by atoms with Gasteiger partial charge in [0.25, 0.3) is 0 Å². The number of hydrogen-bond acceptors (Lipinski definition) is 9. The van der Waals surface area contributed by atoms with Crippen LogP contribution in [0.4, 0.5) is 0 Å². The van der Waals surface area contributed by atoms with Crippen LogP contribution in [-0.2, 0) is 41.6 Å². The number of hydrogen-bond donors (Lipinski definition) is 10. The van der Waals surface area contributed by atoms with Crippen LogP contribution >= 0.6 is 0 Å². The predicted octanol–water partition coefficient (Wildman–Crippen LogP) is -0.559. The van der Waals surface area contributed by atoms with Gasteiger partial charge in [-0.05, 0) is 59.7 Å². The maximum Gasteiger partial charge on any atom is 0.305 e. The van der Waals surface area contributed by atoms with Crippen LogP contribution in [0.25, 0.3) is 10.8 Å². The van der Waals surface area contributed by atoms with E-state index in [2.05, 4.69) is 31.3 Å². The number of carboxylic acid groups (broad SMARTS) is 1. The van der Waals surface area contributed by atoms with Crippen LogP contribution in [0.15, 0.2) is 76.7 Å². The van der Waals surface area contributed by atoms with Gasteiger partial charge < -0.3 is 54.4 Å². The quantitative estimate of drug-likeness (QED) is 0.0559. The highest BCUT2D eigenvalue weighted by molar-refractivity contribution is 5.99. The molecule has 14 N–H and O–H groups in total. The van der Waals surface area contributed by atoms with E-state index >= 15 is 0 Å². The van der Waals surface area contributed by atoms with Gasteiger partial charge in [-0.15, -0.1) is 0 Å². The van der Waals surface area contributed by atoms with Crippen LogP contribution in [0.3, 0.4) is 0 Å². The van der Waals surface area contributed by atoms with E-state index < -0.39 is 71.9 Å². The highest BCUT2D eigenvalue weighted by atomic mass is 16.4. The predicted molar refractivity (Wildman–Crippen MR) is 212 cm³/mol. The number of guanidine groups is 2. The third kappa shape index (κ3) is 13.8. The standard InChI is InChI=1S/C39H50N10O8/c40-38(41)44-15-3-7-26-20-32(51)28(8-4-16-45-39(42)43)46-35(55)29(18-22-10-13-27(50)14-11-22)48-37(57)31(21-33(52)53)49-36(56)30(47-34(26)54)19-23-9-12-24-5-1-2-6-25(24)17-23/h1-2,5-6,9-14,17,26,28-31,50H,3-4,7-8,15-16,18-21H2,(H,46,55)(H,47,54)(H,48,57)(H,49,56)(H,52,53)(H4,40,41,44)(H4,42,43,45)/t26-,28+,29-,30+,31-/m1/s1. The molecule has 0 radical (unpaired) electrons. The van der Waals surface area contributed by atoms with Crippen LogP contribution < -0.4 is 44.2 Å². The van der Waals surface area contributed by atoms with E-state index in [9.17, 15) is 39.0 Å². The van der Waals surface area contributed by atoms with Crippen molar-refractivity contribution >= 4 is 58.1 Å². The second-order valence-corrected chi connectivity index (χ2v) is 13.9. The lowest BCUT2D eigenvalue weighted by Gasteiger charge is -2.25. The fourth-order valence-corrected chi connectivity index (χ4v) is 6.45. The van der Waals surface area contributed by atoms with Gasteiger partial charge >= 0.3 is 5.97 Å². The van der Waals surface area contributed by atoms with E-state index in [1.165, 1.54) is 24.3 Å². The number of ketones is 1. The number of benzene rings is 3. The number of carbonyl (C=O) groups excluding carboxylic acids is 5. The number of phenols is 1. The smallest absolute Gasteiger partial charge is 0.305 e. The monoisotopic (exact) mass is 786 g/mol. The number of carboxylic acids is 1. The van der Waals surface area contributed by atoms with E-state index in [1.807, 2.05) is 36.4 Å². The summed E-state index contributed by atoms with van der Waals surface area (Å²) in [5.41, 5.74) is 23.1. The van der Waals surface area contributed by atoms with Gasteiger partial charge in [0.05, 0.1) is 12.5 Å². The molecule has 3 aromatic rings. The highest BCUT2D eigenvalue weighted by Crippen LogP contribution is 2.20. The first-order valence-corrected chi connectivity index (χ1v) is 18.5. The minimum absolute atomic E-state index is 0.0424. The molecule has 18 nitrogen and oxygen atoms in total. The summed E-state index contributed by atoms with van der Waals surface area (Å²) in [4.78, 5) is 90.1. The molecule has 4 amide bonds. The highest BCUT2D eigenvalue weighted by Gasteiger charge is 2.35. The number of Topliss-reactive ketones (excluding diaryl/α,β-unsaturated/α-hetero) is 1. The molecule has 304 valence electrons. The molecule has 0 spiro atoms. The summed E-state index contributed by atoms with van der Waals surface area (Å²) < 4.78 is 0. The third-order valence-electron chi connectivity index (χ3n) is 9.38. The average molecular weight is 787 g/mol. The number of fused-ring (bicyclic) bond motifs is 1. The molecule has 0 saturated carbocycles. The lowest BCUT2D eigenvalue weighted by atomic mass is 9.91. The molecular formula is C39H50N10O8. The van der Waals surface area contributed by atoms with Gasteiger partial charge in [0.2, 0.25) is 23.6 Å². The zero-order valence-corrected chi connectivity index (χ0v) is 31.4. The van der Waals surface area contributed by atoms with Crippen LogP contribution in [-0.4, -0.2) is 94.8 Å². The van der Waals surface area contributed by atoms with Crippen molar-refractivity contribution in [2.45, 2.75) is 75.5 Å². The first-order valence-electron chi connectivity index (χ1n) is 18.5. The molecule has 0 unspecified atom stereocenters. The summed E-state index contributed by atoms with van der Waals surface area (Å²) in [6.45, 7) is 0.267. The minimum Gasteiger partial charge on any atom is -0.508 e. The van der Waals surface area contributed by atoms with Crippen molar-refractivity contribution in [2.24, 2.45) is 38.8 Å². The zero-order chi connectivity index (χ0) is 41.5. The Hall–Kier alpha value is -6.72. The normalized spacial score (nSPS) is 20.8. The molecule has 1 aliphatic heterocycles. The Bertz CT molecular complexity index is 1980. The van der Waals surface area contributed by atoms with Gasteiger partial charge in [-0.25, -0.2) is 0 Å². The minimum atomic E-state index is -1.68. The Balaban J connectivity index is 1.77. The Morgan fingerprint density at radius 3 is 1.75 bits per heavy atom. The molecule has 5 atom stereocenters. The number of phenolic OH excluding ortho intramolecular Hbond substituents is 1. The lowest BCUT2D eigenvalue weighted by Crippen LogP contribution is -2.58. The maximum atomic E-state index is 14.1. The van der Waals surface area contributed by atoms with Crippen molar-refractivity contribution in [3.63, 3.8) is 0 Å². The SMILES string of the molecule is NC(N)=NCCC[C@@H]1CC(=O)[C@H](CCCN=C(N)N)NC(=O)[C@@H](Cc2ccc(O)cc2)NC(=O)[C@@H](CC(=O)O)NC(=O)[C@H](Cc2ccc3ccccc3c2)NC1=O. The number of nitrogens with zero attached hydrogens (tertiary/aromatic N) is 2. The lowest BCUT2D eigenvalue weighted by molar-refractivity contribution is -0.141. The second kappa shape index (κ2) is 20.8. The summed E-state index contributed by atoms with van der Waals surface area (Å²) in [5, 5.41) is 31.9. The van der Waals surface area contributed by atoms with Gasteiger partial charge in [0, 0.05) is 38.3 Å². The van der Waals surface area contributed by atoms with Crippen molar-refractivity contribution < 1.29 is 39.0 Å².